The first kappa shape index (κ1) is 19.2. The van der Waals surface area contributed by atoms with Crippen LogP contribution in [0.1, 0.15) is 22.0 Å². The Balaban J connectivity index is 1.82. The number of benzene rings is 2. The van der Waals surface area contributed by atoms with Gasteiger partial charge in [-0.15, -0.1) is 11.3 Å². The molecular weight excluding hydrogens is 360 g/mol. The van der Waals surface area contributed by atoms with E-state index in [9.17, 15) is 4.79 Å². The molecule has 0 spiro atoms. The van der Waals surface area contributed by atoms with E-state index in [0.29, 0.717) is 23.6 Å². The SMILES string of the molecule is COc1cccc(C(=O)NC[C@H](c2csc3ccccc23)N(C)C)c1OC. The van der Waals surface area contributed by atoms with Crippen LogP contribution in [-0.4, -0.2) is 45.7 Å². The van der Waals surface area contributed by atoms with E-state index in [-0.39, 0.29) is 11.9 Å². The summed E-state index contributed by atoms with van der Waals surface area (Å²) in [5.74, 6) is 0.801. The predicted octanol–water partition coefficient (Wildman–Crippen LogP) is 3.95. The minimum absolute atomic E-state index is 0.0710. The molecule has 1 amide bonds. The first-order valence-electron chi connectivity index (χ1n) is 8.68. The number of hydrogen-bond acceptors (Lipinski definition) is 5. The van der Waals surface area contributed by atoms with Crippen molar-refractivity contribution in [2.75, 3.05) is 34.9 Å². The number of thiophene rings is 1. The highest BCUT2D eigenvalue weighted by atomic mass is 32.1. The lowest BCUT2D eigenvalue weighted by Gasteiger charge is -2.25. The maximum atomic E-state index is 12.8. The van der Waals surface area contributed by atoms with Crippen LogP contribution in [0.3, 0.4) is 0 Å². The molecule has 6 heteroatoms. The van der Waals surface area contributed by atoms with Crippen LogP contribution in [0.25, 0.3) is 10.1 Å². The number of nitrogens with zero attached hydrogens (tertiary/aromatic N) is 1. The predicted molar refractivity (Wildman–Crippen MR) is 110 cm³/mol. The topological polar surface area (TPSA) is 50.8 Å². The number of nitrogens with one attached hydrogen (secondary N) is 1. The van der Waals surface area contributed by atoms with E-state index in [0.717, 1.165) is 0 Å². The van der Waals surface area contributed by atoms with Crippen LogP contribution in [0.15, 0.2) is 47.8 Å². The molecule has 0 fully saturated rings. The number of rotatable bonds is 7. The second kappa shape index (κ2) is 8.41. The van der Waals surface area contributed by atoms with Crippen molar-refractivity contribution in [2.45, 2.75) is 6.04 Å². The summed E-state index contributed by atoms with van der Waals surface area (Å²) in [5, 5.41) is 6.45. The molecule has 0 aliphatic rings. The average Bonchev–Trinajstić information content (AvgIpc) is 3.11. The molecule has 142 valence electrons. The summed E-state index contributed by atoms with van der Waals surface area (Å²) >= 11 is 1.73. The van der Waals surface area contributed by atoms with Gasteiger partial charge in [-0.3, -0.25) is 4.79 Å². The van der Waals surface area contributed by atoms with Crippen LogP contribution in [0, 0.1) is 0 Å². The molecule has 0 bridgehead atoms. The summed E-state index contributed by atoms with van der Waals surface area (Å²) in [5.41, 5.74) is 1.68. The Morgan fingerprint density at radius 2 is 1.89 bits per heavy atom. The van der Waals surface area contributed by atoms with Crippen LogP contribution in [0.5, 0.6) is 11.5 Å². The standard InChI is InChI=1S/C21H24N2O3S/c1-23(2)17(16-13-27-19-11-6-5-8-14(16)19)12-22-21(24)15-9-7-10-18(25-3)20(15)26-4/h5-11,13,17H,12H2,1-4H3,(H,22,24)/t17-/m1/s1. The van der Waals surface area contributed by atoms with Gasteiger partial charge < -0.3 is 19.7 Å². The summed E-state index contributed by atoms with van der Waals surface area (Å²) in [6, 6.07) is 13.7. The third-order valence-corrected chi connectivity index (χ3v) is 5.58. The molecule has 2 aromatic carbocycles. The summed E-state index contributed by atoms with van der Waals surface area (Å²) < 4.78 is 11.9. The Bertz CT molecular complexity index is 936. The van der Waals surface area contributed by atoms with E-state index < -0.39 is 0 Å². The zero-order chi connectivity index (χ0) is 19.4. The van der Waals surface area contributed by atoms with E-state index >= 15 is 0 Å². The number of para-hydroxylation sites is 1. The van der Waals surface area contributed by atoms with E-state index in [1.165, 1.54) is 22.8 Å². The van der Waals surface area contributed by atoms with Gasteiger partial charge in [-0.25, -0.2) is 0 Å². The Kier molecular flexibility index (Phi) is 5.98. The Morgan fingerprint density at radius 3 is 2.59 bits per heavy atom. The number of hydrogen-bond donors (Lipinski definition) is 1. The molecule has 27 heavy (non-hydrogen) atoms. The first-order valence-corrected chi connectivity index (χ1v) is 9.56. The fourth-order valence-electron chi connectivity index (χ4n) is 3.18. The minimum atomic E-state index is -0.183. The van der Waals surface area contributed by atoms with Crippen molar-refractivity contribution >= 4 is 27.3 Å². The third kappa shape index (κ3) is 3.91. The summed E-state index contributed by atoms with van der Waals surface area (Å²) in [4.78, 5) is 14.9. The Hall–Kier alpha value is -2.57. The molecule has 0 saturated heterocycles. The summed E-state index contributed by atoms with van der Waals surface area (Å²) in [6.45, 7) is 0.493. The molecule has 0 radical (unpaired) electrons. The fourth-order valence-corrected chi connectivity index (χ4v) is 4.19. The van der Waals surface area contributed by atoms with Crippen LogP contribution in [0.4, 0.5) is 0 Å². The lowest BCUT2D eigenvalue weighted by molar-refractivity contribution is 0.0938. The quantitative estimate of drug-likeness (QED) is 0.670. The van der Waals surface area contributed by atoms with Crippen molar-refractivity contribution in [2.24, 2.45) is 0 Å². The molecular formula is C21H24N2O3S. The Morgan fingerprint density at radius 1 is 1.11 bits per heavy atom. The third-order valence-electron chi connectivity index (χ3n) is 4.60. The van der Waals surface area contributed by atoms with Gasteiger partial charge in [0.2, 0.25) is 0 Å². The van der Waals surface area contributed by atoms with Crippen LogP contribution in [0.2, 0.25) is 0 Å². The minimum Gasteiger partial charge on any atom is -0.493 e. The van der Waals surface area contributed by atoms with Crippen LogP contribution in [-0.2, 0) is 0 Å². The number of ether oxygens (including phenoxy) is 2. The number of likely N-dealkylation sites (N-methyl/N-ethyl adjacent to an activating group) is 1. The van der Waals surface area contributed by atoms with Gasteiger partial charge in [-0.05, 0) is 48.6 Å². The van der Waals surface area contributed by atoms with Gasteiger partial charge in [0.15, 0.2) is 11.5 Å². The largest absolute Gasteiger partial charge is 0.493 e. The van der Waals surface area contributed by atoms with E-state index in [4.69, 9.17) is 9.47 Å². The fraction of sp³-hybridized carbons (Fsp3) is 0.286. The first-order chi connectivity index (χ1) is 13.1. The lowest BCUT2D eigenvalue weighted by atomic mass is 10.0. The maximum absolute atomic E-state index is 12.8. The summed E-state index contributed by atoms with van der Waals surface area (Å²) in [7, 11) is 7.14. The average molecular weight is 385 g/mol. The highest BCUT2D eigenvalue weighted by Gasteiger charge is 2.21. The van der Waals surface area contributed by atoms with Crippen LogP contribution >= 0.6 is 11.3 Å². The zero-order valence-corrected chi connectivity index (χ0v) is 16.8. The highest BCUT2D eigenvalue weighted by Crippen LogP contribution is 2.33. The number of carbonyl (C=O) groups excluding carboxylic acids is 1. The number of carbonyl (C=O) groups is 1. The van der Waals surface area contributed by atoms with Crippen molar-refractivity contribution in [3.63, 3.8) is 0 Å². The van der Waals surface area contributed by atoms with Crippen molar-refractivity contribution < 1.29 is 14.3 Å². The van der Waals surface area contributed by atoms with Gasteiger partial charge in [0, 0.05) is 11.2 Å². The smallest absolute Gasteiger partial charge is 0.255 e. The van der Waals surface area contributed by atoms with Gasteiger partial charge in [0.25, 0.3) is 5.91 Å². The molecule has 3 rings (SSSR count). The van der Waals surface area contributed by atoms with E-state index in [2.05, 4.69) is 27.7 Å². The second-order valence-corrected chi connectivity index (χ2v) is 7.33. The Labute approximate surface area is 163 Å². The van der Waals surface area contributed by atoms with Crippen molar-refractivity contribution in [1.29, 1.82) is 0 Å². The van der Waals surface area contributed by atoms with Crippen molar-refractivity contribution in [3.05, 3.63) is 59.0 Å². The van der Waals surface area contributed by atoms with Crippen molar-refractivity contribution in [1.82, 2.24) is 10.2 Å². The van der Waals surface area contributed by atoms with Gasteiger partial charge >= 0.3 is 0 Å². The van der Waals surface area contributed by atoms with Crippen LogP contribution < -0.4 is 14.8 Å². The van der Waals surface area contributed by atoms with Gasteiger partial charge in [-0.2, -0.15) is 0 Å². The molecule has 1 aromatic heterocycles. The number of fused-ring (bicyclic) bond motifs is 1. The zero-order valence-electron chi connectivity index (χ0n) is 16.0. The van der Waals surface area contributed by atoms with Gasteiger partial charge in [-0.1, -0.05) is 24.3 Å². The maximum Gasteiger partial charge on any atom is 0.255 e. The molecule has 1 N–H and O–H groups in total. The second-order valence-electron chi connectivity index (χ2n) is 6.42. The number of methoxy groups -OCH3 is 2. The van der Waals surface area contributed by atoms with E-state index in [1.807, 2.05) is 26.2 Å². The molecule has 0 saturated carbocycles. The number of amides is 1. The molecule has 3 aromatic rings. The summed E-state index contributed by atoms with van der Waals surface area (Å²) in [6.07, 6.45) is 0. The lowest BCUT2D eigenvalue weighted by Crippen LogP contribution is -2.34. The molecule has 5 nitrogen and oxygen atoms in total. The molecule has 0 unspecified atom stereocenters. The van der Waals surface area contributed by atoms with Crippen molar-refractivity contribution in [3.8, 4) is 11.5 Å². The van der Waals surface area contributed by atoms with Gasteiger partial charge in [0.05, 0.1) is 25.8 Å². The van der Waals surface area contributed by atoms with Gasteiger partial charge in [0.1, 0.15) is 0 Å². The molecule has 1 atom stereocenters. The monoisotopic (exact) mass is 384 g/mol. The normalized spacial score (nSPS) is 12.2. The molecule has 0 aliphatic heterocycles. The molecule has 1 heterocycles. The highest BCUT2D eigenvalue weighted by molar-refractivity contribution is 7.17. The van der Waals surface area contributed by atoms with E-state index in [1.54, 1.807) is 36.6 Å². The molecule has 0 aliphatic carbocycles.